The molecule has 4 unspecified atom stereocenters. The zero-order valence-corrected chi connectivity index (χ0v) is 24.0. The van der Waals surface area contributed by atoms with E-state index in [9.17, 15) is 29.1 Å². The minimum Gasteiger partial charge on any atom is -0.480 e. The van der Waals surface area contributed by atoms with Gasteiger partial charge in [0.25, 0.3) is 0 Å². The molecule has 2 aromatic rings. The van der Waals surface area contributed by atoms with Crippen molar-refractivity contribution in [2.75, 3.05) is 18.6 Å². The van der Waals surface area contributed by atoms with E-state index in [0.29, 0.717) is 25.1 Å². The van der Waals surface area contributed by atoms with Crippen molar-refractivity contribution in [2.24, 2.45) is 17.2 Å². The second kappa shape index (κ2) is 17.3. The second-order valence-corrected chi connectivity index (χ2v) is 10.7. The van der Waals surface area contributed by atoms with Crippen molar-refractivity contribution in [2.45, 2.75) is 69.1 Å². The van der Waals surface area contributed by atoms with Crippen molar-refractivity contribution in [3.05, 3.63) is 36.0 Å². The van der Waals surface area contributed by atoms with Crippen molar-refractivity contribution in [3.8, 4) is 0 Å². The maximum Gasteiger partial charge on any atom is 0.326 e. The molecule has 11 N–H and O–H groups in total. The molecular weight excluding hydrogens is 550 g/mol. The third-order valence-corrected chi connectivity index (χ3v) is 7.22. The highest BCUT2D eigenvalue weighted by Crippen LogP contribution is 2.19. The Labute approximate surface area is 243 Å². The van der Waals surface area contributed by atoms with Crippen molar-refractivity contribution >= 4 is 52.3 Å². The fourth-order valence-electron chi connectivity index (χ4n) is 4.24. The first-order valence-electron chi connectivity index (χ1n) is 13.5. The number of primary amides is 1. The molecule has 41 heavy (non-hydrogen) atoms. The number of amides is 4. The number of unbranched alkanes of at least 4 members (excludes halogenated alkanes) is 1. The number of aliphatic carboxylic acids is 1. The van der Waals surface area contributed by atoms with Crippen molar-refractivity contribution in [1.82, 2.24) is 20.9 Å². The Morgan fingerprint density at radius 2 is 1.56 bits per heavy atom. The standard InChI is InChI=1S/C27H41N7O6S/c1-41-13-11-21(32-24(36)18(29)9-10-23(30)35)26(38)33-20(8-4-5-12-28)25(37)34-22(27(39)40)14-16-15-31-19-7-3-2-6-17(16)19/h2-3,6-7,15,18,20-22,31H,4-5,8-14,28-29H2,1H3,(H2,30,35)(H,32,36)(H,33,38)(H,34,37)(H,39,40). The van der Waals surface area contributed by atoms with Crippen LogP contribution >= 0.6 is 11.8 Å². The van der Waals surface area contributed by atoms with Crippen LogP contribution in [0.3, 0.4) is 0 Å². The second-order valence-electron chi connectivity index (χ2n) is 9.76. The van der Waals surface area contributed by atoms with Crippen LogP contribution in [0.15, 0.2) is 30.5 Å². The van der Waals surface area contributed by atoms with Crippen molar-refractivity contribution < 1.29 is 29.1 Å². The molecule has 0 saturated heterocycles. The van der Waals surface area contributed by atoms with Gasteiger partial charge < -0.3 is 43.2 Å². The van der Waals surface area contributed by atoms with E-state index >= 15 is 0 Å². The number of thioether (sulfide) groups is 1. The molecule has 4 amide bonds. The van der Waals surface area contributed by atoms with Crippen LogP contribution in [-0.4, -0.2) is 82.4 Å². The van der Waals surface area contributed by atoms with Crippen molar-refractivity contribution in [3.63, 3.8) is 0 Å². The van der Waals surface area contributed by atoms with Gasteiger partial charge in [-0.25, -0.2) is 4.79 Å². The Balaban J connectivity index is 2.15. The van der Waals surface area contributed by atoms with Gasteiger partial charge in [-0.2, -0.15) is 11.8 Å². The Morgan fingerprint density at radius 1 is 0.927 bits per heavy atom. The third kappa shape index (κ3) is 11.1. The van der Waals surface area contributed by atoms with Gasteiger partial charge in [-0.15, -0.1) is 0 Å². The van der Waals surface area contributed by atoms with Crippen LogP contribution in [0.4, 0.5) is 0 Å². The third-order valence-electron chi connectivity index (χ3n) is 6.58. The number of carboxylic acids is 1. The van der Waals surface area contributed by atoms with E-state index in [1.807, 2.05) is 30.5 Å². The topological polar surface area (TPSA) is 236 Å². The van der Waals surface area contributed by atoms with Gasteiger partial charge >= 0.3 is 5.97 Å². The summed E-state index contributed by atoms with van der Waals surface area (Å²) in [7, 11) is 0. The molecule has 0 bridgehead atoms. The van der Waals surface area contributed by atoms with Gasteiger partial charge in [0.1, 0.15) is 18.1 Å². The number of fused-ring (bicyclic) bond motifs is 1. The van der Waals surface area contributed by atoms with Crippen LogP contribution < -0.4 is 33.2 Å². The van der Waals surface area contributed by atoms with E-state index in [1.54, 1.807) is 6.20 Å². The van der Waals surface area contributed by atoms with Crippen LogP contribution in [0, 0.1) is 0 Å². The normalized spacial score (nSPS) is 14.0. The van der Waals surface area contributed by atoms with Gasteiger partial charge in [-0.3, -0.25) is 19.2 Å². The maximum atomic E-state index is 13.3. The summed E-state index contributed by atoms with van der Waals surface area (Å²) in [6.45, 7) is 0.385. The first kappa shape index (κ1) is 33.6. The lowest BCUT2D eigenvalue weighted by Crippen LogP contribution is -2.57. The Morgan fingerprint density at radius 3 is 2.20 bits per heavy atom. The number of para-hydroxylation sites is 1. The molecule has 0 aliphatic carbocycles. The lowest BCUT2D eigenvalue weighted by molar-refractivity contribution is -0.142. The molecule has 1 aromatic heterocycles. The summed E-state index contributed by atoms with van der Waals surface area (Å²) >= 11 is 1.47. The van der Waals surface area contributed by atoms with Crippen LogP contribution in [0.2, 0.25) is 0 Å². The number of aromatic nitrogens is 1. The summed E-state index contributed by atoms with van der Waals surface area (Å²) in [5.41, 5.74) is 18.2. The lowest BCUT2D eigenvalue weighted by Gasteiger charge is -2.25. The molecule has 0 aliphatic heterocycles. The summed E-state index contributed by atoms with van der Waals surface area (Å²) in [6, 6.07) is 3.08. The molecule has 0 radical (unpaired) electrons. The van der Waals surface area contributed by atoms with E-state index in [1.165, 1.54) is 11.8 Å². The molecule has 1 heterocycles. The van der Waals surface area contributed by atoms with Gasteiger partial charge in [0.2, 0.25) is 23.6 Å². The SMILES string of the molecule is CSCCC(NC(=O)C(N)CCC(N)=O)C(=O)NC(CCCCN)C(=O)NC(Cc1c[nH]c2ccccc12)C(=O)O. The predicted octanol–water partition coefficient (Wildman–Crippen LogP) is -0.276. The lowest BCUT2D eigenvalue weighted by atomic mass is 10.0. The van der Waals surface area contributed by atoms with Crippen LogP contribution in [-0.2, 0) is 30.4 Å². The van der Waals surface area contributed by atoms with Gasteiger partial charge in [-0.05, 0) is 62.3 Å². The zero-order chi connectivity index (χ0) is 30.4. The number of rotatable bonds is 19. The Hall–Kier alpha value is -3.62. The first-order chi connectivity index (χ1) is 19.6. The molecule has 4 atom stereocenters. The maximum absolute atomic E-state index is 13.3. The summed E-state index contributed by atoms with van der Waals surface area (Å²) in [4.78, 5) is 65.4. The number of benzene rings is 1. The Bertz CT molecular complexity index is 1190. The van der Waals surface area contributed by atoms with Crippen LogP contribution in [0.1, 0.15) is 44.1 Å². The van der Waals surface area contributed by atoms with Gasteiger partial charge in [0.05, 0.1) is 6.04 Å². The number of carbonyl (C=O) groups excluding carboxylic acids is 4. The van der Waals surface area contributed by atoms with Gasteiger partial charge in [0, 0.05) is 29.9 Å². The minimum atomic E-state index is -1.24. The smallest absolute Gasteiger partial charge is 0.326 e. The van der Waals surface area contributed by atoms with Gasteiger partial charge in [0.15, 0.2) is 0 Å². The number of carbonyl (C=O) groups is 5. The highest BCUT2D eigenvalue weighted by molar-refractivity contribution is 7.98. The summed E-state index contributed by atoms with van der Waals surface area (Å²) < 4.78 is 0. The number of H-pyrrole nitrogens is 1. The largest absolute Gasteiger partial charge is 0.480 e. The first-order valence-corrected chi connectivity index (χ1v) is 14.9. The quantitative estimate of drug-likeness (QED) is 0.100. The molecule has 226 valence electrons. The zero-order valence-electron chi connectivity index (χ0n) is 23.2. The fourth-order valence-corrected chi connectivity index (χ4v) is 4.71. The van der Waals surface area contributed by atoms with E-state index in [0.717, 1.165) is 16.5 Å². The monoisotopic (exact) mass is 591 g/mol. The van der Waals surface area contributed by atoms with E-state index in [4.69, 9.17) is 17.2 Å². The minimum absolute atomic E-state index is 0.0230. The molecule has 0 saturated carbocycles. The van der Waals surface area contributed by atoms with Crippen LogP contribution in [0.25, 0.3) is 10.9 Å². The van der Waals surface area contributed by atoms with Crippen molar-refractivity contribution in [1.29, 1.82) is 0 Å². The number of carboxylic acid groups (broad SMARTS) is 1. The number of nitrogens with one attached hydrogen (secondary N) is 4. The Kier molecular flexibility index (Phi) is 14.1. The molecule has 1 aromatic carbocycles. The molecule has 14 heteroatoms. The number of aromatic amines is 1. The molecular formula is C27H41N7O6S. The summed E-state index contributed by atoms with van der Waals surface area (Å²) in [5.74, 6) is -3.17. The predicted molar refractivity (Wildman–Crippen MR) is 158 cm³/mol. The fraction of sp³-hybridized carbons (Fsp3) is 0.519. The summed E-state index contributed by atoms with van der Waals surface area (Å²) in [6.07, 6.45) is 5.11. The average molecular weight is 592 g/mol. The average Bonchev–Trinajstić information content (AvgIpc) is 3.35. The molecule has 2 rings (SSSR count). The van der Waals surface area contributed by atoms with E-state index in [-0.39, 0.29) is 32.1 Å². The molecule has 0 spiro atoms. The van der Waals surface area contributed by atoms with E-state index in [2.05, 4.69) is 20.9 Å². The number of hydrogen-bond acceptors (Lipinski definition) is 8. The van der Waals surface area contributed by atoms with Crippen LogP contribution in [0.5, 0.6) is 0 Å². The molecule has 0 fully saturated rings. The molecule has 0 aliphatic rings. The molecule has 13 nitrogen and oxygen atoms in total. The number of nitrogens with two attached hydrogens (primary N) is 3. The highest BCUT2D eigenvalue weighted by Gasteiger charge is 2.30. The highest BCUT2D eigenvalue weighted by atomic mass is 32.2. The van der Waals surface area contributed by atoms with E-state index < -0.39 is 53.8 Å². The summed E-state index contributed by atoms with van der Waals surface area (Å²) in [5, 5.41) is 18.6. The number of hydrogen-bond donors (Lipinski definition) is 8. The van der Waals surface area contributed by atoms with Gasteiger partial charge in [-0.1, -0.05) is 18.2 Å².